The molecule has 0 fully saturated rings. The van der Waals surface area contributed by atoms with Gasteiger partial charge < -0.3 is 5.32 Å². The van der Waals surface area contributed by atoms with E-state index in [9.17, 15) is 0 Å². The molecule has 0 bridgehead atoms. The Balaban J connectivity index is 1.90. The molecule has 6 heteroatoms. The number of fused-ring (bicyclic) bond motifs is 1. The van der Waals surface area contributed by atoms with E-state index >= 15 is 0 Å². The zero-order chi connectivity index (χ0) is 13.9. The number of para-hydroxylation sites is 1. The molecule has 0 spiro atoms. The number of tetrazole rings is 1. The van der Waals surface area contributed by atoms with Crippen LogP contribution in [0.4, 0.5) is 0 Å². The van der Waals surface area contributed by atoms with Gasteiger partial charge in [0.25, 0.3) is 0 Å². The van der Waals surface area contributed by atoms with Crippen LogP contribution >= 0.6 is 0 Å². The summed E-state index contributed by atoms with van der Waals surface area (Å²) in [5.41, 5.74) is 1.98. The highest BCUT2D eigenvalue weighted by Crippen LogP contribution is 2.18. The minimum atomic E-state index is 0.0730. The maximum absolute atomic E-state index is 4.70. The SMILES string of the molecule is CNC(Cc1nnn(C)n1)c1ccc2ccccc2n1. The fourth-order valence-corrected chi connectivity index (χ4v) is 2.22. The summed E-state index contributed by atoms with van der Waals surface area (Å²) in [5, 5.41) is 16.5. The Hall–Kier alpha value is -2.34. The molecule has 0 aliphatic rings. The first kappa shape index (κ1) is 12.7. The van der Waals surface area contributed by atoms with Crippen molar-refractivity contribution < 1.29 is 0 Å². The van der Waals surface area contributed by atoms with Crippen LogP contribution in [-0.2, 0) is 13.5 Å². The van der Waals surface area contributed by atoms with Gasteiger partial charge in [-0.25, -0.2) is 0 Å². The van der Waals surface area contributed by atoms with E-state index in [-0.39, 0.29) is 6.04 Å². The van der Waals surface area contributed by atoms with Crippen molar-refractivity contribution in [3.63, 3.8) is 0 Å². The first-order valence-electron chi connectivity index (χ1n) is 6.52. The number of aryl methyl sites for hydroxylation is 1. The van der Waals surface area contributed by atoms with Gasteiger partial charge in [0.1, 0.15) is 0 Å². The Bertz CT molecular complexity index is 720. The summed E-state index contributed by atoms with van der Waals surface area (Å²) in [6.45, 7) is 0. The molecule has 0 radical (unpaired) electrons. The molecule has 3 aromatic rings. The van der Waals surface area contributed by atoms with Crippen molar-refractivity contribution in [2.24, 2.45) is 7.05 Å². The molecule has 20 heavy (non-hydrogen) atoms. The second-order valence-electron chi connectivity index (χ2n) is 4.67. The molecule has 1 atom stereocenters. The lowest BCUT2D eigenvalue weighted by atomic mass is 10.1. The lowest BCUT2D eigenvalue weighted by Crippen LogP contribution is -2.20. The number of hydrogen-bond donors (Lipinski definition) is 1. The maximum Gasteiger partial charge on any atom is 0.176 e. The van der Waals surface area contributed by atoms with Crippen molar-refractivity contribution in [1.82, 2.24) is 30.5 Å². The quantitative estimate of drug-likeness (QED) is 0.771. The van der Waals surface area contributed by atoms with E-state index in [0.717, 1.165) is 16.6 Å². The van der Waals surface area contributed by atoms with E-state index in [1.54, 1.807) is 7.05 Å². The molecule has 0 amide bonds. The van der Waals surface area contributed by atoms with Crippen LogP contribution in [0.3, 0.4) is 0 Å². The van der Waals surface area contributed by atoms with Crippen LogP contribution in [0.15, 0.2) is 36.4 Å². The highest BCUT2D eigenvalue weighted by atomic mass is 15.6. The van der Waals surface area contributed by atoms with Crippen molar-refractivity contribution in [3.05, 3.63) is 47.9 Å². The van der Waals surface area contributed by atoms with Crippen LogP contribution in [0, 0.1) is 0 Å². The topological polar surface area (TPSA) is 68.5 Å². The van der Waals surface area contributed by atoms with Gasteiger partial charge in [0.2, 0.25) is 0 Å². The van der Waals surface area contributed by atoms with Crippen LogP contribution in [0.2, 0.25) is 0 Å². The Morgan fingerprint density at radius 3 is 2.80 bits per heavy atom. The van der Waals surface area contributed by atoms with E-state index in [4.69, 9.17) is 4.98 Å². The van der Waals surface area contributed by atoms with Crippen molar-refractivity contribution in [2.75, 3.05) is 7.05 Å². The summed E-state index contributed by atoms with van der Waals surface area (Å²) in [7, 11) is 3.68. The number of nitrogens with one attached hydrogen (secondary N) is 1. The monoisotopic (exact) mass is 268 g/mol. The Labute approximate surface area is 116 Å². The van der Waals surface area contributed by atoms with Gasteiger partial charge in [0.15, 0.2) is 5.82 Å². The van der Waals surface area contributed by atoms with E-state index in [1.807, 2.05) is 31.3 Å². The van der Waals surface area contributed by atoms with Crippen LogP contribution in [0.25, 0.3) is 10.9 Å². The van der Waals surface area contributed by atoms with E-state index in [0.29, 0.717) is 12.2 Å². The van der Waals surface area contributed by atoms with Gasteiger partial charge >= 0.3 is 0 Å². The first-order valence-corrected chi connectivity index (χ1v) is 6.52. The van der Waals surface area contributed by atoms with Crippen LogP contribution < -0.4 is 5.32 Å². The predicted molar refractivity (Wildman–Crippen MR) is 76.0 cm³/mol. The molecule has 1 N–H and O–H groups in total. The first-order chi connectivity index (χ1) is 9.76. The average molecular weight is 268 g/mol. The van der Waals surface area contributed by atoms with Crippen molar-refractivity contribution in [3.8, 4) is 0 Å². The van der Waals surface area contributed by atoms with Crippen LogP contribution in [0.5, 0.6) is 0 Å². The van der Waals surface area contributed by atoms with Gasteiger partial charge in [0.05, 0.1) is 24.3 Å². The Kier molecular flexibility index (Phi) is 3.39. The number of hydrogen-bond acceptors (Lipinski definition) is 5. The van der Waals surface area contributed by atoms with Gasteiger partial charge in [-0.1, -0.05) is 24.3 Å². The van der Waals surface area contributed by atoms with Crippen molar-refractivity contribution in [2.45, 2.75) is 12.5 Å². The molecule has 3 rings (SSSR count). The summed E-state index contributed by atoms with van der Waals surface area (Å²) in [6, 6.07) is 12.3. The Morgan fingerprint density at radius 1 is 1.20 bits per heavy atom. The zero-order valence-electron chi connectivity index (χ0n) is 11.5. The number of rotatable bonds is 4. The summed E-state index contributed by atoms with van der Waals surface area (Å²) < 4.78 is 0. The lowest BCUT2D eigenvalue weighted by Gasteiger charge is -2.14. The normalized spacial score (nSPS) is 12.7. The Morgan fingerprint density at radius 2 is 2.05 bits per heavy atom. The third-order valence-corrected chi connectivity index (χ3v) is 3.26. The summed E-state index contributed by atoms with van der Waals surface area (Å²) in [4.78, 5) is 6.17. The number of benzene rings is 1. The molecule has 0 saturated heterocycles. The van der Waals surface area contributed by atoms with Crippen molar-refractivity contribution >= 4 is 10.9 Å². The standard InChI is InChI=1S/C14H16N6/c1-15-13(9-14-17-19-20(2)18-14)12-8-7-10-5-3-4-6-11(10)16-12/h3-8,13,15H,9H2,1-2H3. The fraction of sp³-hybridized carbons (Fsp3) is 0.286. The van der Waals surface area contributed by atoms with E-state index in [2.05, 4.69) is 32.9 Å². The van der Waals surface area contributed by atoms with Crippen LogP contribution in [-0.4, -0.2) is 32.2 Å². The molecule has 0 aliphatic heterocycles. The molecular formula is C14H16N6. The smallest absolute Gasteiger partial charge is 0.176 e. The largest absolute Gasteiger partial charge is 0.311 e. The molecular weight excluding hydrogens is 252 g/mol. The molecule has 2 aromatic heterocycles. The maximum atomic E-state index is 4.70. The third-order valence-electron chi connectivity index (χ3n) is 3.26. The average Bonchev–Trinajstić information content (AvgIpc) is 2.89. The lowest BCUT2D eigenvalue weighted by molar-refractivity contribution is 0.558. The van der Waals surface area contributed by atoms with Gasteiger partial charge in [-0.2, -0.15) is 4.80 Å². The predicted octanol–water partition coefficient (Wildman–Crippen LogP) is 1.26. The van der Waals surface area contributed by atoms with Gasteiger partial charge in [-0.15, -0.1) is 10.2 Å². The minimum absolute atomic E-state index is 0.0730. The highest BCUT2D eigenvalue weighted by Gasteiger charge is 2.15. The second-order valence-corrected chi connectivity index (χ2v) is 4.67. The summed E-state index contributed by atoms with van der Waals surface area (Å²) >= 11 is 0. The number of pyridine rings is 1. The molecule has 0 saturated carbocycles. The van der Waals surface area contributed by atoms with Gasteiger partial charge in [0, 0.05) is 11.8 Å². The number of likely N-dealkylation sites (N-methyl/N-ethyl adjacent to an activating group) is 1. The summed E-state index contributed by atoms with van der Waals surface area (Å²) in [6.07, 6.45) is 0.662. The van der Waals surface area contributed by atoms with E-state index < -0.39 is 0 Å². The molecule has 6 nitrogen and oxygen atoms in total. The summed E-state index contributed by atoms with van der Waals surface area (Å²) in [5.74, 6) is 0.710. The highest BCUT2D eigenvalue weighted by molar-refractivity contribution is 5.78. The van der Waals surface area contributed by atoms with Gasteiger partial charge in [-0.05, 0) is 24.4 Å². The molecule has 0 aliphatic carbocycles. The third kappa shape index (κ3) is 2.50. The zero-order valence-corrected chi connectivity index (χ0v) is 11.5. The molecule has 1 aromatic carbocycles. The molecule has 102 valence electrons. The van der Waals surface area contributed by atoms with Gasteiger partial charge in [-0.3, -0.25) is 4.98 Å². The molecule has 1 unspecified atom stereocenters. The van der Waals surface area contributed by atoms with Crippen LogP contribution in [0.1, 0.15) is 17.6 Å². The molecule has 2 heterocycles. The number of aromatic nitrogens is 5. The second kappa shape index (κ2) is 5.34. The minimum Gasteiger partial charge on any atom is -0.311 e. The van der Waals surface area contributed by atoms with E-state index in [1.165, 1.54) is 4.80 Å². The number of nitrogens with zero attached hydrogens (tertiary/aromatic N) is 5. The fourth-order valence-electron chi connectivity index (χ4n) is 2.22. The van der Waals surface area contributed by atoms with Crippen molar-refractivity contribution in [1.29, 1.82) is 0 Å².